The number of carboxylic acids is 1. The summed E-state index contributed by atoms with van der Waals surface area (Å²) in [6, 6.07) is 4.28. The average Bonchev–Trinajstić information content (AvgIpc) is 2.07. The van der Waals surface area contributed by atoms with E-state index in [4.69, 9.17) is 5.11 Å². The molecular weight excluding hydrogens is 239 g/mol. The first-order chi connectivity index (χ1) is 6.09. The van der Waals surface area contributed by atoms with Crippen molar-refractivity contribution < 1.29 is 14.3 Å². The minimum absolute atomic E-state index is 0.319. The fourth-order valence-corrected chi connectivity index (χ4v) is 1.18. The van der Waals surface area contributed by atoms with Crippen molar-refractivity contribution >= 4 is 28.0 Å². The molecule has 13 heavy (non-hydrogen) atoms. The van der Waals surface area contributed by atoms with Crippen LogP contribution < -0.4 is 0 Å². The quantitative estimate of drug-likeness (QED) is 0.813. The lowest BCUT2D eigenvalue weighted by Crippen LogP contribution is -1.86. The molecule has 0 aliphatic rings. The van der Waals surface area contributed by atoms with Crippen LogP contribution in [0.3, 0.4) is 0 Å². The molecule has 1 rings (SSSR count). The number of hydrogen-bond acceptors (Lipinski definition) is 1. The number of hydrogen-bond donors (Lipinski definition) is 1. The number of carbonyl (C=O) groups is 1. The second kappa shape index (κ2) is 4.18. The number of aliphatic carboxylic acids is 1. The van der Waals surface area contributed by atoms with Crippen molar-refractivity contribution in [3.8, 4) is 0 Å². The van der Waals surface area contributed by atoms with Crippen molar-refractivity contribution in [1.82, 2.24) is 0 Å². The lowest BCUT2D eigenvalue weighted by Gasteiger charge is -1.95. The van der Waals surface area contributed by atoms with Gasteiger partial charge in [0, 0.05) is 6.08 Å². The Kier molecular flexibility index (Phi) is 3.19. The fourth-order valence-electron chi connectivity index (χ4n) is 0.784. The predicted molar refractivity (Wildman–Crippen MR) is 50.8 cm³/mol. The molecule has 1 aromatic rings. The standard InChI is InChI=1S/C9H6BrFO2/c10-7-5-6(1-3-8(7)11)2-4-9(12)13/h1-5H,(H,12,13)/b4-2+. The van der Waals surface area contributed by atoms with Gasteiger partial charge in [0.25, 0.3) is 0 Å². The molecule has 0 fully saturated rings. The third-order valence-corrected chi connectivity index (χ3v) is 1.97. The van der Waals surface area contributed by atoms with Gasteiger partial charge in [0.15, 0.2) is 0 Å². The van der Waals surface area contributed by atoms with Crippen molar-refractivity contribution in [2.75, 3.05) is 0 Å². The molecule has 0 atom stereocenters. The number of carboxylic acid groups (broad SMARTS) is 1. The number of benzene rings is 1. The van der Waals surface area contributed by atoms with Crippen LogP contribution in [0.1, 0.15) is 5.56 Å². The van der Waals surface area contributed by atoms with Crippen LogP contribution in [0.5, 0.6) is 0 Å². The Morgan fingerprint density at radius 3 is 2.77 bits per heavy atom. The first-order valence-electron chi connectivity index (χ1n) is 3.45. The fraction of sp³-hybridized carbons (Fsp3) is 0. The Bertz CT molecular complexity index is 361. The van der Waals surface area contributed by atoms with Crippen LogP contribution in [-0.2, 0) is 4.79 Å². The summed E-state index contributed by atoms with van der Waals surface area (Å²) >= 11 is 3.00. The molecule has 0 aliphatic carbocycles. The Labute approximate surface area is 82.8 Å². The molecular formula is C9H6BrFO2. The van der Waals surface area contributed by atoms with Gasteiger partial charge in [0.05, 0.1) is 4.47 Å². The molecule has 0 radical (unpaired) electrons. The molecule has 0 aliphatic heterocycles. The Morgan fingerprint density at radius 2 is 2.23 bits per heavy atom. The van der Waals surface area contributed by atoms with Gasteiger partial charge in [0.2, 0.25) is 0 Å². The molecule has 4 heteroatoms. The van der Waals surface area contributed by atoms with E-state index in [9.17, 15) is 9.18 Å². The molecule has 68 valence electrons. The molecule has 0 amide bonds. The Hall–Kier alpha value is -1.16. The van der Waals surface area contributed by atoms with Gasteiger partial charge in [-0.15, -0.1) is 0 Å². The zero-order chi connectivity index (χ0) is 9.84. The summed E-state index contributed by atoms with van der Waals surface area (Å²) < 4.78 is 13.0. The Morgan fingerprint density at radius 1 is 1.54 bits per heavy atom. The predicted octanol–water partition coefficient (Wildman–Crippen LogP) is 2.69. The molecule has 0 spiro atoms. The van der Waals surface area contributed by atoms with Gasteiger partial charge in [0.1, 0.15) is 5.82 Å². The highest BCUT2D eigenvalue weighted by Crippen LogP contribution is 2.17. The van der Waals surface area contributed by atoms with Crippen molar-refractivity contribution in [2.24, 2.45) is 0 Å². The van der Waals surface area contributed by atoms with Gasteiger partial charge in [-0.1, -0.05) is 6.07 Å². The third kappa shape index (κ3) is 2.99. The van der Waals surface area contributed by atoms with E-state index in [2.05, 4.69) is 15.9 Å². The van der Waals surface area contributed by atoms with E-state index < -0.39 is 5.97 Å². The summed E-state index contributed by atoms with van der Waals surface area (Å²) in [5.41, 5.74) is 0.635. The van der Waals surface area contributed by atoms with Crippen molar-refractivity contribution in [3.63, 3.8) is 0 Å². The maximum atomic E-state index is 12.7. The summed E-state index contributed by atoms with van der Waals surface area (Å²) in [5, 5.41) is 8.33. The van der Waals surface area contributed by atoms with E-state index in [1.165, 1.54) is 24.3 Å². The number of halogens is 2. The first kappa shape index (κ1) is 9.92. The highest BCUT2D eigenvalue weighted by molar-refractivity contribution is 9.10. The molecule has 0 bridgehead atoms. The van der Waals surface area contributed by atoms with Crippen LogP contribution in [0.15, 0.2) is 28.7 Å². The van der Waals surface area contributed by atoms with Crippen molar-refractivity contribution in [1.29, 1.82) is 0 Å². The Balaban J connectivity index is 2.92. The summed E-state index contributed by atoms with van der Waals surface area (Å²) in [6.45, 7) is 0. The average molecular weight is 245 g/mol. The highest BCUT2D eigenvalue weighted by Gasteiger charge is 1.97. The maximum Gasteiger partial charge on any atom is 0.328 e. The molecule has 0 aromatic heterocycles. The molecule has 0 unspecified atom stereocenters. The van der Waals surface area contributed by atoms with Crippen LogP contribution in [-0.4, -0.2) is 11.1 Å². The van der Waals surface area contributed by atoms with Crippen molar-refractivity contribution in [2.45, 2.75) is 0 Å². The first-order valence-corrected chi connectivity index (χ1v) is 4.25. The zero-order valence-electron chi connectivity index (χ0n) is 6.50. The van der Waals surface area contributed by atoms with Gasteiger partial charge < -0.3 is 5.11 Å². The molecule has 0 heterocycles. The minimum Gasteiger partial charge on any atom is -0.478 e. The van der Waals surface area contributed by atoms with E-state index >= 15 is 0 Å². The van der Waals surface area contributed by atoms with Gasteiger partial charge in [-0.05, 0) is 39.7 Å². The van der Waals surface area contributed by atoms with E-state index in [1.807, 2.05) is 0 Å². The molecule has 1 N–H and O–H groups in total. The minimum atomic E-state index is -1.03. The summed E-state index contributed by atoms with van der Waals surface area (Å²) in [5.74, 6) is -1.40. The zero-order valence-corrected chi connectivity index (χ0v) is 8.08. The lowest BCUT2D eigenvalue weighted by molar-refractivity contribution is -0.131. The van der Waals surface area contributed by atoms with E-state index in [1.54, 1.807) is 0 Å². The van der Waals surface area contributed by atoms with Crippen LogP contribution in [0.2, 0.25) is 0 Å². The monoisotopic (exact) mass is 244 g/mol. The molecule has 0 saturated carbocycles. The van der Waals surface area contributed by atoms with E-state index in [0.717, 1.165) is 6.08 Å². The molecule has 1 aromatic carbocycles. The second-order valence-electron chi connectivity index (χ2n) is 2.35. The van der Waals surface area contributed by atoms with Gasteiger partial charge >= 0.3 is 5.97 Å². The summed E-state index contributed by atoms with van der Waals surface area (Å²) in [7, 11) is 0. The van der Waals surface area contributed by atoms with Gasteiger partial charge in [-0.2, -0.15) is 0 Å². The highest BCUT2D eigenvalue weighted by atomic mass is 79.9. The van der Waals surface area contributed by atoms with E-state index in [-0.39, 0.29) is 5.82 Å². The summed E-state index contributed by atoms with van der Waals surface area (Å²) in [4.78, 5) is 10.2. The normalized spacial score (nSPS) is 10.6. The summed E-state index contributed by atoms with van der Waals surface area (Å²) in [6.07, 6.45) is 2.40. The number of rotatable bonds is 2. The van der Waals surface area contributed by atoms with Crippen LogP contribution in [0.4, 0.5) is 4.39 Å². The SMILES string of the molecule is O=C(O)/C=C/c1ccc(F)c(Br)c1. The third-order valence-electron chi connectivity index (χ3n) is 1.36. The largest absolute Gasteiger partial charge is 0.478 e. The maximum absolute atomic E-state index is 12.7. The van der Waals surface area contributed by atoms with Crippen LogP contribution in [0.25, 0.3) is 6.08 Å². The smallest absolute Gasteiger partial charge is 0.328 e. The van der Waals surface area contributed by atoms with E-state index in [0.29, 0.717) is 10.0 Å². The van der Waals surface area contributed by atoms with Gasteiger partial charge in [-0.3, -0.25) is 0 Å². The van der Waals surface area contributed by atoms with Gasteiger partial charge in [-0.25, -0.2) is 9.18 Å². The van der Waals surface area contributed by atoms with Crippen molar-refractivity contribution in [3.05, 3.63) is 40.1 Å². The lowest BCUT2D eigenvalue weighted by atomic mass is 10.2. The van der Waals surface area contributed by atoms with Crippen LogP contribution in [0, 0.1) is 5.82 Å². The topological polar surface area (TPSA) is 37.3 Å². The van der Waals surface area contributed by atoms with Crippen LogP contribution >= 0.6 is 15.9 Å². The molecule has 2 nitrogen and oxygen atoms in total. The molecule has 0 saturated heterocycles. The second-order valence-corrected chi connectivity index (χ2v) is 3.20.